The summed E-state index contributed by atoms with van der Waals surface area (Å²) in [6.45, 7) is 0. The molecule has 17 heavy (non-hydrogen) atoms. The Kier molecular flexibility index (Phi) is 15.8. The molecule has 0 fully saturated rings. The summed E-state index contributed by atoms with van der Waals surface area (Å²) in [5.74, 6) is 0.562. The summed E-state index contributed by atoms with van der Waals surface area (Å²) in [6.07, 6.45) is 0. The quantitative estimate of drug-likeness (QED) is 0.263. The van der Waals surface area contributed by atoms with Crippen molar-refractivity contribution in [2.24, 2.45) is 5.73 Å². The molecule has 1 aromatic carbocycles. The molecule has 3 N–H and O–H groups in total. The van der Waals surface area contributed by atoms with Crippen molar-refractivity contribution in [2.45, 2.75) is 4.90 Å². The first-order valence-electron chi connectivity index (χ1n) is 4.15. The summed E-state index contributed by atoms with van der Waals surface area (Å²) < 4.78 is 0. The average molecular weight is 317 g/mol. The summed E-state index contributed by atoms with van der Waals surface area (Å²) in [5, 5.41) is 1.65. The van der Waals surface area contributed by atoms with Crippen LogP contribution in [-0.4, -0.2) is 16.4 Å². The second-order valence-electron chi connectivity index (χ2n) is 2.42. The predicted octanol–water partition coefficient (Wildman–Crippen LogP) is -0.513. The zero-order valence-corrected chi connectivity index (χ0v) is 15.0. The topological polar surface area (TPSA) is 72.2 Å². The van der Waals surface area contributed by atoms with E-state index in [9.17, 15) is 4.79 Å². The van der Waals surface area contributed by atoms with Gasteiger partial charge in [0.1, 0.15) is 0 Å². The smallest absolute Gasteiger partial charge is 1.00 e. The summed E-state index contributed by atoms with van der Waals surface area (Å²) in [7, 11) is 0. The van der Waals surface area contributed by atoms with Crippen LogP contribution in [-0.2, 0) is 0 Å². The first kappa shape index (κ1) is 20.2. The Bertz CT molecular complexity index is 340. The maximum atomic E-state index is 10.4. The van der Waals surface area contributed by atoms with E-state index in [0.717, 1.165) is 4.90 Å². The van der Waals surface area contributed by atoms with Crippen LogP contribution in [0.3, 0.4) is 0 Å². The molecule has 0 aromatic heterocycles. The number of thiol groups is 2. The van der Waals surface area contributed by atoms with Gasteiger partial charge in [0.25, 0.3) is 10.5 Å². The Balaban J connectivity index is -0.000000332. The molecule has 90 valence electrons. The number of nitrogens with two attached hydrogens (primary N) is 1. The van der Waals surface area contributed by atoms with Gasteiger partial charge in [0, 0.05) is 4.90 Å². The van der Waals surface area contributed by atoms with Crippen molar-refractivity contribution in [3.8, 4) is 0 Å². The van der Waals surface area contributed by atoms with E-state index in [0.29, 0.717) is 5.88 Å². The van der Waals surface area contributed by atoms with Gasteiger partial charge >= 0.3 is 51.4 Å². The van der Waals surface area contributed by atoms with Crippen molar-refractivity contribution >= 4 is 47.5 Å². The number of rotatable bonds is 3. The maximum Gasteiger partial charge on any atom is 1.00 e. The number of amides is 2. The van der Waals surface area contributed by atoms with Crippen LogP contribution >= 0.6 is 37.0 Å². The number of thioether (sulfide) groups is 1. The molecule has 0 unspecified atom stereocenters. The molecular weight excluding hydrogens is 303 g/mol. The molecule has 2 amide bonds. The predicted molar refractivity (Wildman–Crippen MR) is 74.4 cm³/mol. The number of carbonyl (C=O) groups is 2. The van der Waals surface area contributed by atoms with Gasteiger partial charge in [0.15, 0.2) is 0 Å². The SMILES string of the molecule is NC(=O)S.O=C(S)NCSc1ccccc1.[H-].[K+]. The summed E-state index contributed by atoms with van der Waals surface area (Å²) in [5.41, 5.74) is 4.34. The average Bonchev–Trinajstić information content (AvgIpc) is 2.18. The van der Waals surface area contributed by atoms with E-state index in [1.165, 1.54) is 0 Å². The van der Waals surface area contributed by atoms with Crippen LogP contribution in [0.25, 0.3) is 0 Å². The van der Waals surface area contributed by atoms with Crippen LogP contribution in [0.2, 0.25) is 0 Å². The molecule has 0 saturated heterocycles. The maximum absolute atomic E-state index is 10.4. The van der Waals surface area contributed by atoms with Crippen molar-refractivity contribution in [3.63, 3.8) is 0 Å². The van der Waals surface area contributed by atoms with E-state index in [1.54, 1.807) is 11.8 Å². The van der Waals surface area contributed by atoms with E-state index in [1.807, 2.05) is 30.3 Å². The van der Waals surface area contributed by atoms with Crippen LogP contribution in [0.5, 0.6) is 0 Å². The van der Waals surface area contributed by atoms with Gasteiger partial charge < -0.3 is 12.5 Å². The molecule has 0 aliphatic heterocycles. The van der Waals surface area contributed by atoms with Gasteiger partial charge in [0.05, 0.1) is 5.88 Å². The second-order valence-corrected chi connectivity index (χ2v) is 4.32. The molecular formula is C9H13KN2O2S3. The molecule has 1 rings (SSSR count). The molecule has 0 heterocycles. The molecule has 0 radical (unpaired) electrons. The van der Waals surface area contributed by atoms with Crippen LogP contribution in [0.1, 0.15) is 1.43 Å². The van der Waals surface area contributed by atoms with Crippen LogP contribution in [0.15, 0.2) is 35.2 Å². The van der Waals surface area contributed by atoms with E-state index in [-0.39, 0.29) is 58.1 Å². The van der Waals surface area contributed by atoms with Gasteiger partial charge in [-0.1, -0.05) is 43.5 Å². The van der Waals surface area contributed by atoms with E-state index in [4.69, 9.17) is 4.79 Å². The number of nitrogens with one attached hydrogen (secondary N) is 1. The Morgan fingerprint density at radius 3 is 2.18 bits per heavy atom. The zero-order chi connectivity index (χ0) is 12.4. The Labute approximate surface area is 160 Å². The Morgan fingerprint density at radius 1 is 1.29 bits per heavy atom. The number of primary amides is 1. The minimum atomic E-state index is -0.639. The van der Waals surface area contributed by atoms with E-state index >= 15 is 0 Å². The largest absolute Gasteiger partial charge is 1.00 e. The first-order valence-corrected chi connectivity index (χ1v) is 6.03. The van der Waals surface area contributed by atoms with Crippen molar-refractivity contribution in [2.75, 3.05) is 5.88 Å². The normalized spacial score (nSPS) is 8.12. The third-order valence-electron chi connectivity index (χ3n) is 1.21. The van der Waals surface area contributed by atoms with Crippen LogP contribution < -0.4 is 62.4 Å². The summed E-state index contributed by atoms with van der Waals surface area (Å²) in [4.78, 5) is 20.6. The van der Waals surface area contributed by atoms with Gasteiger partial charge in [-0.2, -0.15) is 0 Å². The molecule has 0 spiro atoms. The molecule has 0 aliphatic carbocycles. The van der Waals surface area contributed by atoms with Gasteiger partial charge in [-0.3, -0.25) is 9.59 Å². The minimum absolute atomic E-state index is 0. The van der Waals surface area contributed by atoms with E-state index < -0.39 is 5.24 Å². The van der Waals surface area contributed by atoms with Gasteiger partial charge in [-0.05, 0) is 12.1 Å². The van der Waals surface area contributed by atoms with Crippen LogP contribution in [0.4, 0.5) is 9.59 Å². The monoisotopic (exact) mass is 316 g/mol. The molecule has 0 aliphatic rings. The summed E-state index contributed by atoms with van der Waals surface area (Å²) >= 11 is 8.25. The standard InChI is InChI=1S/C8H9NOS2.CH3NOS.K.H/c10-8(11)9-6-12-7-4-2-1-3-5-7;2-1(3)4;;/h1-5H,6H2,(H2,9,10,11);(H3,2,3,4);;/q;;+1;-1. The zero-order valence-electron chi connectivity index (χ0n) is 10.3. The summed E-state index contributed by atoms with van der Waals surface area (Å²) in [6, 6.07) is 9.88. The second kappa shape index (κ2) is 13.3. The van der Waals surface area contributed by atoms with Crippen molar-refractivity contribution in [1.29, 1.82) is 0 Å². The molecule has 1 aromatic rings. The fourth-order valence-electron chi connectivity index (χ4n) is 0.698. The molecule has 8 heteroatoms. The fraction of sp³-hybridized carbons (Fsp3) is 0.111. The Hall–Kier alpha value is 0.846. The van der Waals surface area contributed by atoms with Crippen molar-refractivity contribution in [3.05, 3.63) is 30.3 Å². The third-order valence-corrected chi connectivity index (χ3v) is 2.26. The first-order chi connectivity index (χ1) is 7.52. The Morgan fingerprint density at radius 2 is 1.76 bits per heavy atom. The van der Waals surface area contributed by atoms with Crippen molar-refractivity contribution in [1.82, 2.24) is 5.32 Å². The number of hydrogen-bond donors (Lipinski definition) is 4. The van der Waals surface area contributed by atoms with Gasteiger partial charge in [0.2, 0.25) is 0 Å². The number of carbonyl (C=O) groups excluding carboxylic acids is 2. The fourth-order valence-corrected chi connectivity index (χ4v) is 1.60. The van der Waals surface area contributed by atoms with Crippen LogP contribution in [0, 0.1) is 0 Å². The third kappa shape index (κ3) is 16.8. The van der Waals surface area contributed by atoms with Crippen molar-refractivity contribution < 1.29 is 62.4 Å². The molecule has 0 atom stereocenters. The molecule has 4 nitrogen and oxygen atoms in total. The minimum Gasteiger partial charge on any atom is -1.00 e. The number of hydrogen-bond acceptors (Lipinski definition) is 3. The van der Waals surface area contributed by atoms with Gasteiger partial charge in [-0.25, -0.2) is 0 Å². The van der Waals surface area contributed by atoms with Gasteiger partial charge in [-0.15, -0.1) is 11.8 Å². The molecule has 0 bridgehead atoms. The molecule has 0 saturated carbocycles. The number of benzene rings is 1. The van der Waals surface area contributed by atoms with E-state index in [2.05, 4.69) is 36.3 Å².